The van der Waals surface area contributed by atoms with Crippen LogP contribution in [0.2, 0.25) is 0 Å². The lowest BCUT2D eigenvalue weighted by Crippen LogP contribution is -2.41. The van der Waals surface area contributed by atoms with Gasteiger partial charge in [0, 0.05) is 0 Å². The fraction of sp³-hybridized carbons (Fsp3) is 0.0435. The van der Waals surface area contributed by atoms with Crippen LogP contribution in [0.15, 0.2) is 78.9 Å². The number of urea groups is 1. The summed E-state index contributed by atoms with van der Waals surface area (Å²) in [6, 6.07) is 16.5. The van der Waals surface area contributed by atoms with Crippen LogP contribution in [0.3, 0.4) is 0 Å². The van der Waals surface area contributed by atoms with Gasteiger partial charge in [-0.25, -0.2) is 9.59 Å². The number of amides is 3. The average Bonchev–Trinajstić information content (AvgIpc) is 2.83. The molecule has 0 radical (unpaired) electrons. The maximum Gasteiger partial charge on any atom is 0.446 e. The van der Waals surface area contributed by atoms with Crippen molar-refractivity contribution in [2.24, 2.45) is 0 Å². The molecule has 0 saturated carbocycles. The fourth-order valence-corrected chi connectivity index (χ4v) is 3.23. The van der Waals surface area contributed by atoms with Crippen LogP contribution in [0.4, 0.5) is 4.79 Å². The molecule has 35 heavy (non-hydrogen) atoms. The van der Waals surface area contributed by atoms with Crippen molar-refractivity contribution in [3.8, 4) is 11.5 Å². The van der Waals surface area contributed by atoms with Crippen LogP contribution in [-0.2, 0) is 15.2 Å². The summed E-state index contributed by atoms with van der Waals surface area (Å²) in [6.07, 6.45) is 0.387. The molecule has 3 rings (SSSR count). The SMILES string of the molecule is O=CC(NC(=O)NC(=O)c1ccccc1OC(=O)c1ccccc1)c1ccc(OS(=O)(=O)O)cc1. The van der Waals surface area contributed by atoms with E-state index in [1.807, 2.05) is 0 Å². The second-order valence-electron chi connectivity index (χ2n) is 6.87. The summed E-state index contributed by atoms with van der Waals surface area (Å²) in [7, 11) is -4.72. The molecule has 1 atom stereocenters. The second-order valence-corrected chi connectivity index (χ2v) is 7.90. The minimum atomic E-state index is -4.72. The second kappa shape index (κ2) is 11.0. The Morgan fingerprint density at radius 2 is 1.51 bits per heavy atom. The normalized spacial score (nSPS) is 11.6. The lowest BCUT2D eigenvalue weighted by Gasteiger charge is -2.15. The Morgan fingerprint density at radius 1 is 0.886 bits per heavy atom. The van der Waals surface area contributed by atoms with E-state index in [0.717, 1.165) is 12.1 Å². The zero-order valence-corrected chi connectivity index (χ0v) is 18.6. The third-order valence-electron chi connectivity index (χ3n) is 4.43. The summed E-state index contributed by atoms with van der Waals surface area (Å²) in [6.45, 7) is 0. The van der Waals surface area contributed by atoms with Gasteiger partial charge in [-0.3, -0.25) is 14.7 Å². The predicted octanol–water partition coefficient (Wildman–Crippen LogP) is 2.47. The largest absolute Gasteiger partial charge is 0.446 e. The van der Waals surface area contributed by atoms with Gasteiger partial charge >= 0.3 is 22.4 Å². The molecule has 180 valence electrons. The summed E-state index contributed by atoms with van der Waals surface area (Å²) < 4.78 is 39.8. The molecule has 0 spiro atoms. The number of imide groups is 1. The number of hydrogen-bond acceptors (Lipinski definition) is 8. The molecule has 0 aliphatic heterocycles. The Bertz CT molecular complexity index is 1340. The Balaban J connectivity index is 1.66. The first-order chi connectivity index (χ1) is 16.7. The third-order valence-corrected chi connectivity index (χ3v) is 4.84. The Hall–Kier alpha value is -4.55. The molecule has 0 aromatic heterocycles. The molecule has 0 bridgehead atoms. The predicted molar refractivity (Wildman–Crippen MR) is 121 cm³/mol. The first-order valence-electron chi connectivity index (χ1n) is 9.86. The number of esters is 1. The molecule has 3 aromatic rings. The standard InChI is InChI=1S/C23H18N2O9S/c26-14-19(15-10-12-17(13-11-15)34-35(30,31)32)24-23(29)25-21(27)18-8-4-5-9-20(18)33-22(28)16-6-2-1-3-7-16/h1-14,19H,(H,30,31,32)(H2,24,25,27,29). The molecule has 3 N–H and O–H groups in total. The lowest BCUT2D eigenvalue weighted by molar-refractivity contribution is -0.109. The highest BCUT2D eigenvalue weighted by atomic mass is 32.3. The van der Waals surface area contributed by atoms with Crippen molar-refractivity contribution in [1.29, 1.82) is 0 Å². The van der Waals surface area contributed by atoms with Crippen molar-refractivity contribution in [3.05, 3.63) is 95.6 Å². The molecule has 1 unspecified atom stereocenters. The van der Waals surface area contributed by atoms with Gasteiger partial charge in [-0.1, -0.05) is 42.5 Å². The zero-order valence-electron chi connectivity index (χ0n) is 17.8. The molecule has 11 nitrogen and oxygen atoms in total. The molecule has 3 aromatic carbocycles. The van der Waals surface area contributed by atoms with Gasteiger partial charge in [-0.2, -0.15) is 8.42 Å². The smallest absolute Gasteiger partial charge is 0.422 e. The van der Waals surface area contributed by atoms with Crippen LogP contribution in [0.5, 0.6) is 11.5 Å². The van der Waals surface area contributed by atoms with Crippen molar-refractivity contribution < 1.29 is 41.1 Å². The number of carbonyl (C=O) groups excluding carboxylic acids is 4. The highest BCUT2D eigenvalue weighted by Gasteiger charge is 2.20. The van der Waals surface area contributed by atoms with Gasteiger partial charge in [0.15, 0.2) is 0 Å². The fourth-order valence-electron chi connectivity index (χ4n) is 2.87. The Morgan fingerprint density at radius 3 is 2.14 bits per heavy atom. The Kier molecular flexibility index (Phi) is 7.92. The summed E-state index contributed by atoms with van der Waals surface area (Å²) in [5.41, 5.74) is 0.408. The molecule has 0 fully saturated rings. The summed E-state index contributed by atoms with van der Waals surface area (Å²) >= 11 is 0. The first kappa shape index (κ1) is 25.1. The minimum absolute atomic E-state index is 0.0759. The molecular weight excluding hydrogens is 480 g/mol. The van der Waals surface area contributed by atoms with Crippen LogP contribution in [0.25, 0.3) is 0 Å². The highest BCUT2D eigenvalue weighted by molar-refractivity contribution is 7.81. The lowest BCUT2D eigenvalue weighted by atomic mass is 10.1. The topological polar surface area (TPSA) is 165 Å². The van der Waals surface area contributed by atoms with E-state index in [1.165, 1.54) is 30.3 Å². The van der Waals surface area contributed by atoms with E-state index in [-0.39, 0.29) is 28.2 Å². The van der Waals surface area contributed by atoms with E-state index in [1.54, 1.807) is 36.4 Å². The van der Waals surface area contributed by atoms with Gasteiger partial charge in [0.2, 0.25) is 0 Å². The third kappa shape index (κ3) is 7.22. The number of para-hydroxylation sites is 1. The van der Waals surface area contributed by atoms with E-state index in [9.17, 15) is 27.6 Å². The number of rotatable bonds is 8. The van der Waals surface area contributed by atoms with Crippen molar-refractivity contribution >= 4 is 34.6 Å². The molecule has 3 amide bonds. The van der Waals surface area contributed by atoms with Crippen molar-refractivity contribution in [2.75, 3.05) is 0 Å². The molecule has 0 saturated heterocycles. The van der Waals surface area contributed by atoms with Gasteiger partial charge in [0.1, 0.15) is 23.8 Å². The first-order valence-corrected chi connectivity index (χ1v) is 11.2. The summed E-state index contributed by atoms with van der Waals surface area (Å²) in [5, 5.41) is 4.33. The quantitative estimate of drug-likeness (QED) is 0.183. The maximum absolute atomic E-state index is 12.6. The number of nitrogens with one attached hydrogen (secondary N) is 2. The van der Waals surface area contributed by atoms with Crippen LogP contribution in [-0.4, -0.2) is 37.2 Å². The van der Waals surface area contributed by atoms with E-state index in [2.05, 4.69) is 14.8 Å². The van der Waals surface area contributed by atoms with Gasteiger partial charge in [-0.05, 0) is 42.0 Å². The van der Waals surface area contributed by atoms with E-state index < -0.39 is 34.3 Å². The maximum atomic E-state index is 12.6. The van der Waals surface area contributed by atoms with Crippen molar-refractivity contribution in [3.63, 3.8) is 0 Å². The minimum Gasteiger partial charge on any atom is -0.422 e. The number of benzene rings is 3. The number of carbonyl (C=O) groups is 4. The molecule has 0 aliphatic carbocycles. The van der Waals surface area contributed by atoms with Crippen LogP contribution < -0.4 is 19.6 Å². The highest BCUT2D eigenvalue weighted by Crippen LogP contribution is 2.20. The van der Waals surface area contributed by atoms with E-state index in [4.69, 9.17) is 9.29 Å². The number of hydrogen-bond donors (Lipinski definition) is 3. The van der Waals surface area contributed by atoms with Crippen LogP contribution >= 0.6 is 0 Å². The zero-order chi connectivity index (χ0) is 25.4. The van der Waals surface area contributed by atoms with Gasteiger partial charge in [-0.15, -0.1) is 0 Å². The number of ether oxygens (including phenoxy) is 1. The van der Waals surface area contributed by atoms with E-state index >= 15 is 0 Å². The molecule has 0 heterocycles. The van der Waals surface area contributed by atoms with Crippen LogP contribution in [0.1, 0.15) is 32.3 Å². The Labute approximate surface area is 199 Å². The van der Waals surface area contributed by atoms with Gasteiger partial charge < -0.3 is 19.0 Å². The molecule has 0 aliphatic rings. The van der Waals surface area contributed by atoms with Crippen LogP contribution in [0, 0.1) is 0 Å². The number of aldehydes is 1. The molecular formula is C23H18N2O9S. The van der Waals surface area contributed by atoms with Gasteiger partial charge in [0.05, 0.1) is 11.1 Å². The van der Waals surface area contributed by atoms with Gasteiger partial charge in [0.25, 0.3) is 5.91 Å². The van der Waals surface area contributed by atoms with Crippen molar-refractivity contribution in [2.45, 2.75) is 6.04 Å². The summed E-state index contributed by atoms with van der Waals surface area (Å²) in [4.78, 5) is 48.8. The monoisotopic (exact) mass is 498 g/mol. The van der Waals surface area contributed by atoms with E-state index in [0.29, 0.717) is 6.29 Å². The summed E-state index contributed by atoms with van der Waals surface area (Å²) in [5.74, 6) is -1.88. The molecule has 12 heteroatoms. The van der Waals surface area contributed by atoms with Crippen molar-refractivity contribution in [1.82, 2.24) is 10.6 Å². The average molecular weight is 498 g/mol.